The number of benzene rings is 3. The van der Waals surface area contributed by atoms with E-state index >= 15 is 0 Å². The summed E-state index contributed by atoms with van der Waals surface area (Å²) >= 11 is 0. The Hall–Kier alpha value is -3.40. The molecule has 0 bridgehead atoms. The molecule has 0 amide bonds. The van der Waals surface area contributed by atoms with Gasteiger partial charge in [0, 0.05) is 16.8 Å². The van der Waals surface area contributed by atoms with Gasteiger partial charge >= 0.3 is 5.97 Å². The first-order valence-electron chi connectivity index (χ1n) is 10.9. The van der Waals surface area contributed by atoms with Gasteiger partial charge in [-0.1, -0.05) is 93.6 Å². The van der Waals surface area contributed by atoms with Crippen molar-refractivity contribution >= 4 is 17.4 Å². The lowest BCUT2D eigenvalue weighted by molar-refractivity contribution is -0.168. The molecule has 3 aromatic carbocycles. The number of rotatable bonds is 4. The summed E-state index contributed by atoms with van der Waals surface area (Å²) in [4.78, 5) is 26.8. The monoisotopic (exact) mass is 427 g/mol. The zero-order chi connectivity index (χ0) is 22.9. The lowest BCUT2D eigenvalue weighted by Gasteiger charge is -2.40. The van der Waals surface area contributed by atoms with Crippen LogP contribution >= 0.6 is 0 Å². The number of ketones is 1. The Morgan fingerprint density at radius 2 is 1.44 bits per heavy atom. The molecule has 3 aromatic rings. The lowest BCUT2D eigenvalue weighted by atomic mass is 9.78. The molecule has 4 nitrogen and oxygen atoms in total. The number of esters is 1. The van der Waals surface area contributed by atoms with Crippen molar-refractivity contribution in [3.8, 4) is 0 Å². The molecule has 1 aliphatic rings. The van der Waals surface area contributed by atoms with Gasteiger partial charge in [-0.3, -0.25) is 4.79 Å². The second-order valence-corrected chi connectivity index (χ2v) is 9.50. The summed E-state index contributed by atoms with van der Waals surface area (Å²) in [7, 11) is 0. The van der Waals surface area contributed by atoms with Crippen LogP contribution in [0.2, 0.25) is 0 Å². The molecule has 1 heterocycles. The molecule has 4 rings (SSSR count). The van der Waals surface area contributed by atoms with Crippen molar-refractivity contribution in [1.29, 1.82) is 0 Å². The minimum Gasteiger partial charge on any atom is -0.447 e. The van der Waals surface area contributed by atoms with Crippen LogP contribution in [0.4, 0.5) is 5.69 Å². The molecule has 0 spiro atoms. The lowest BCUT2D eigenvalue weighted by Crippen LogP contribution is -2.52. The summed E-state index contributed by atoms with van der Waals surface area (Å²) in [6.07, 6.45) is 0.0705. The second-order valence-electron chi connectivity index (χ2n) is 9.50. The molecule has 1 aliphatic heterocycles. The fourth-order valence-electron chi connectivity index (χ4n) is 4.38. The van der Waals surface area contributed by atoms with Gasteiger partial charge in [0.1, 0.15) is 0 Å². The first-order chi connectivity index (χ1) is 15.2. The van der Waals surface area contributed by atoms with E-state index in [0.29, 0.717) is 0 Å². The Labute approximate surface area is 189 Å². The fourth-order valence-corrected chi connectivity index (χ4v) is 4.38. The predicted octanol–water partition coefficient (Wildman–Crippen LogP) is 5.53. The van der Waals surface area contributed by atoms with E-state index in [0.717, 1.165) is 27.9 Å². The van der Waals surface area contributed by atoms with Crippen molar-refractivity contribution in [2.45, 2.75) is 51.2 Å². The third-order valence-electron chi connectivity index (χ3n) is 6.02. The van der Waals surface area contributed by atoms with Crippen LogP contribution in [0.5, 0.6) is 0 Å². The third-order valence-corrected chi connectivity index (χ3v) is 6.02. The maximum Gasteiger partial charge on any atom is 0.337 e. The Morgan fingerprint density at radius 1 is 0.875 bits per heavy atom. The highest BCUT2D eigenvalue weighted by atomic mass is 16.6. The minimum absolute atomic E-state index is 0.0705. The molecule has 1 saturated heterocycles. The molecule has 164 valence electrons. The number of ether oxygens (including phenoxy) is 1. The average molecular weight is 428 g/mol. The summed E-state index contributed by atoms with van der Waals surface area (Å²) in [5, 5.41) is 3.21. The highest BCUT2D eigenvalue weighted by molar-refractivity contribution is 6.08. The summed E-state index contributed by atoms with van der Waals surface area (Å²) in [5.74, 6) is -0.745. The molecule has 1 atom stereocenters. The van der Waals surface area contributed by atoms with Crippen molar-refractivity contribution in [2.75, 3.05) is 5.32 Å². The molecule has 1 N–H and O–H groups in total. The summed E-state index contributed by atoms with van der Waals surface area (Å²) in [6.45, 7) is 8.33. The molecule has 0 saturated carbocycles. The first-order valence-corrected chi connectivity index (χ1v) is 10.9. The standard InChI is InChI=1S/C28H29NO3/c1-19-15-16-22(27(2,3)4)23(17-19)29-25-24(30)18-28(32-26(25)31,20-11-7-5-8-12-20)21-13-9-6-10-14-21/h5-17,25,29H,18H2,1-4H3. The average Bonchev–Trinajstić information content (AvgIpc) is 2.76. The molecular weight excluding hydrogens is 398 g/mol. The van der Waals surface area contributed by atoms with Gasteiger partial charge in [0.05, 0.1) is 6.42 Å². The van der Waals surface area contributed by atoms with Crippen LogP contribution in [0.3, 0.4) is 0 Å². The van der Waals surface area contributed by atoms with E-state index in [1.807, 2.05) is 79.7 Å². The first kappa shape index (κ1) is 21.8. The molecule has 0 radical (unpaired) electrons. The van der Waals surface area contributed by atoms with Crippen LogP contribution in [0, 0.1) is 6.92 Å². The van der Waals surface area contributed by atoms with Crippen LogP contribution < -0.4 is 5.32 Å². The van der Waals surface area contributed by atoms with E-state index in [1.165, 1.54) is 0 Å². The van der Waals surface area contributed by atoms with E-state index in [2.05, 4.69) is 32.2 Å². The Kier molecular flexibility index (Phi) is 5.64. The molecule has 1 fully saturated rings. The van der Waals surface area contributed by atoms with Gasteiger partial charge < -0.3 is 10.1 Å². The summed E-state index contributed by atoms with van der Waals surface area (Å²) in [6, 6.07) is 24.0. The van der Waals surface area contributed by atoms with Crippen molar-refractivity contribution in [3.05, 3.63) is 101 Å². The Balaban J connectivity index is 1.72. The molecule has 4 heteroatoms. The van der Waals surface area contributed by atoms with Crippen molar-refractivity contribution < 1.29 is 14.3 Å². The minimum atomic E-state index is -1.13. The zero-order valence-corrected chi connectivity index (χ0v) is 19.0. The SMILES string of the molecule is Cc1ccc(C(C)(C)C)c(NC2C(=O)CC(c3ccccc3)(c3ccccc3)OC2=O)c1. The second kappa shape index (κ2) is 8.27. The number of nitrogens with one attached hydrogen (secondary N) is 1. The summed E-state index contributed by atoms with van der Waals surface area (Å²) < 4.78 is 6.13. The van der Waals surface area contributed by atoms with Crippen LogP contribution in [-0.4, -0.2) is 17.8 Å². The number of aryl methyl sites for hydroxylation is 1. The maximum atomic E-state index is 13.5. The molecule has 32 heavy (non-hydrogen) atoms. The van der Waals surface area contributed by atoms with Crippen LogP contribution in [0.25, 0.3) is 0 Å². The van der Waals surface area contributed by atoms with Crippen LogP contribution in [-0.2, 0) is 25.3 Å². The maximum absolute atomic E-state index is 13.5. The van der Waals surface area contributed by atoms with Gasteiger partial charge in [-0.15, -0.1) is 0 Å². The number of hydrogen-bond acceptors (Lipinski definition) is 4. The number of carbonyl (C=O) groups excluding carboxylic acids is 2. The highest BCUT2D eigenvalue weighted by Gasteiger charge is 2.49. The van der Waals surface area contributed by atoms with Gasteiger partial charge in [0.25, 0.3) is 0 Å². The zero-order valence-electron chi connectivity index (χ0n) is 19.0. The molecule has 0 aliphatic carbocycles. The fraction of sp³-hybridized carbons (Fsp3) is 0.286. The van der Waals surface area contributed by atoms with Crippen molar-refractivity contribution in [1.82, 2.24) is 0 Å². The normalized spacial score (nSPS) is 18.2. The van der Waals surface area contributed by atoms with Crippen LogP contribution in [0.1, 0.15) is 49.4 Å². The Bertz CT molecular complexity index is 1070. The summed E-state index contributed by atoms with van der Waals surface area (Å²) in [5.41, 5.74) is 3.20. The smallest absolute Gasteiger partial charge is 0.337 e. The molecule has 0 aromatic heterocycles. The van der Waals surface area contributed by atoms with Crippen molar-refractivity contribution in [2.24, 2.45) is 0 Å². The van der Waals surface area contributed by atoms with Gasteiger partial charge in [-0.25, -0.2) is 4.79 Å². The van der Waals surface area contributed by atoms with E-state index in [9.17, 15) is 9.59 Å². The van der Waals surface area contributed by atoms with Gasteiger partial charge in [0.15, 0.2) is 17.4 Å². The molecular formula is C28H29NO3. The van der Waals surface area contributed by atoms with Gasteiger partial charge in [-0.05, 0) is 29.5 Å². The number of carbonyl (C=O) groups is 2. The number of cyclic esters (lactones) is 1. The third kappa shape index (κ3) is 4.05. The number of anilines is 1. The van der Waals surface area contributed by atoms with E-state index in [1.54, 1.807) is 0 Å². The van der Waals surface area contributed by atoms with E-state index in [4.69, 9.17) is 4.74 Å². The van der Waals surface area contributed by atoms with E-state index < -0.39 is 17.6 Å². The van der Waals surface area contributed by atoms with Crippen LogP contribution in [0.15, 0.2) is 78.9 Å². The van der Waals surface area contributed by atoms with Gasteiger partial charge in [-0.2, -0.15) is 0 Å². The highest BCUT2D eigenvalue weighted by Crippen LogP contribution is 2.41. The Morgan fingerprint density at radius 3 is 1.94 bits per heavy atom. The topological polar surface area (TPSA) is 55.4 Å². The molecule has 1 unspecified atom stereocenters. The van der Waals surface area contributed by atoms with E-state index in [-0.39, 0.29) is 17.6 Å². The van der Waals surface area contributed by atoms with Gasteiger partial charge in [0.2, 0.25) is 0 Å². The largest absolute Gasteiger partial charge is 0.447 e. The predicted molar refractivity (Wildman–Crippen MR) is 127 cm³/mol. The quantitative estimate of drug-likeness (QED) is 0.439. The number of hydrogen-bond donors (Lipinski definition) is 1. The van der Waals surface area contributed by atoms with Crippen molar-refractivity contribution in [3.63, 3.8) is 0 Å². The number of Topliss-reactive ketones (excluding diaryl/α,β-unsaturated/α-hetero) is 1.